The number of aromatic nitrogens is 1. The lowest BCUT2D eigenvalue weighted by Crippen LogP contribution is -2.17. The third kappa shape index (κ3) is 3.42. The number of carbonyl (C=O) groups excluding carboxylic acids is 1. The monoisotopic (exact) mass is 241 g/mol. The standard InChI is InChI=1S/C15H15NO2/c1-12(10-13-6-3-2-4-7-13)18-15(17)14-8-5-9-16-11-14/h2-9,11-12H,10H2,1H3. The summed E-state index contributed by atoms with van der Waals surface area (Å²) in [5, 5.41) is 0. The quantitative estimate of drug-likeness (QED) is 0.773. The van der Waals surface area contributed by atoms with Gasteiger partial charge in [-0.25, -0.2) is 4.79 Å². The topological polar surface area (TPSA) is 39.2 Å². The molecule has 1 aromatic carbocycles. The van der Waals surface area contributed by atoms with Gasteiger partial charge in [0.2, 0.25) is 0 Å². The SMILES string of the molecule is CC(Cc1ccccc1)OC(=O)c1cccnc1. The number of nitrogens with zero attached hydrogens (tertiary/aromatic N) is 1. The second kappa shape index (κ2) is 5.96. The Hall–Kier alpha value is -2.16. The third-order valence-corrected chi connectivity index (χ3v) is 2.57. The van der Waals surface area contributed by atoms with Gasteiger partial charge in [0, 0.05) is 18.8 Å². The minimum Gasteiger partial charge on any atom is -0.459 e. The summed E-state index contributed by atoms with van der Waals surface area (Å²) < 4.78 is 5.36. The fraction of sp³-hybridized carbons (Fsp3) is 0.200. The molecule has 0 radical (unpaired) electrons. The van der Waals surface area contributed by atoms with Crippen LogP contribution in [-0.4, -0.2) is 17.1 Å². The van der Waals surface area contributed by atoms with Crippen molar-refractivity contribution < 1.29 is 9.53 Å². The number of hydrogen-bond donors (Lipinski definition) is 0. The Kier molecular flexibility index (Phi) is 4.07. The van der Waals surface area contributed by atoms with E-state index in [0.717, 1.165) is 5.56 Å². The normalized spacial score (nSPS) is 11.8. The minimum atomic E-state index is -0.327. The van der Waals surface area contributed by atoms with Crippen molar-refractivity contribution in [2.45, 2.75) is 19.4 Å². The van der Waals surface area contributed by atoms with Gasteiger partial charge in [-0.1, -0.05) is 30.3 Å². The third-order valence-electron chi connectivity index (χ3n) is 2.57. The molecule has 0 saturated carbocycles. The highest BCUT2D eigenvalue weighted by Gasteiger charge is 2.12. The van der Waals surface area contributed by atoms with Crippen LogP contribution in [0.25, 0.3) is 0 Å². The number of rotatable bonds is 4. The second-order valence-electron chi connectivity index (χ2n) is 4.15. The van der Waals surface area contributed by atoms with E-state index in [2.05, 4.69) is 4.98 Å². The molecule has 18 heavy (non-hydrogen) atoms. The number of hydrogen-bond acceptors (Lipinski definition) is 3. The van der Waals surface area contributed by atoms with Gasteiger partial charge < -0.3 is 4.74 Å². The molecule has 2 aromatic rings. The number of pyridine rings is 1. The first kappa shape index (κ1) is 12.3. The number of esters is 1. The number of carbonyl (C=O) groups is 1. The summed E-state index contributed by atoms with van der Waals surface area (Å²) in [7, 11) is 0. The van der Waals surface area contributed by atoms with E-state index in [-0.39, 0.29) is 12.1 Å². The molecule has 0 fully saturated rings. The van der Waals surface area contributed by atoms with Gasteiger partial charge in [0.25, 0.3) is 0 Å². The molecule has 0 spiro atoms. The van der Waals surface area contributed by atoms with Gasteiger partial charge in [-0.15, -0.1) is 0 Å². The van der Waals surface area contributed by atoms with Gasteiger partial charge in [-0.2, -0.15) is 0 Å². The molecule has 2 rings (SSSR count). The average molecular weight is 241 g/mol. The largest absolute Gasteiger partial charge is 0.459 e. The van der Waals surface area contributed by atoms with Gasteiger partial charge in [0.05, 0.1) is 5.56 Å². The molecule has 1 aromatic heterocycles. The maximum Gasteiger partial charge on any atom is 0.339 e. The summed E-state index contributed by atoms with van der Waals surface area (Å²) >= 11 is 0. The Morgan fingerprint density at radius 1 is 1.22 bits per heavy atom. The molecule has 0 amide bonds. The summed E-state index contributed by atoms with van der Waals surface area (Å²) in [6, 6.07) is 13.4. The highest BCUT2D eigenvalue weighted by Crippen LogP contribution is 2.08. The van der Waals surface area contributed by atoms with Crippen LogP contribution in [0.3, 0.4) is 0 Å². The van der Waals surface area contributed by atoms with Crippen LogP contribution < -0.4 is 0 Å². The Morgan fingerprint density at radius 2 is 2.00 bits per heavy atom. The molecule has 1 heterocycles. The van der Waals surface area contributed by atoms with Crippen LogP contribution in [-0.2, 0) is 11.2 Å². The first-order valence-corrected chi connectivity index (χ1v) is 5.90. The summed E-state index contributed by atoms with van der Waals surface area (Å²) in [5.41, 5.74) is 1.64. The zero-order valence-electron chi connectivity index (χ0n) is 10.2. The molecule has 0 aliphatic rings. The van der Waals surface area contributed by atoms with Crippen molar-refractivity contribution in [3.63, 3.8) is 0 Å². The Balaban J connectivity index is 1.92. The van der Waals surface area contributed by atoms with Crippen LogP contribution in [0.1, 0.15) is 22.8 Å². The zero-order chi connectivity index (χ0) is 12.8. The lowest BCUT2D eigenvalue weighted by Gasteiger charge is -2.13. The highest BCUT2D eigenvalue weighted by molar-refractivity contribution is 5.89. The van der Waals surface area contributed by atoms with E-state index in [9.17, 15) is 4.79 Å². The number of ether oxygens (including phenoxy) is 1. The van der Waals surface area contributed by atoms with Crippen LogP contribution in [0.15, 0.2) is 54.9 Å². The zero-order valence-corrected chi connectivity index (χ0v) is 10.2. The maximum atomic E-state index is 11.8. The fourth-order valence-electron chi connectivity index (χ4n) is 1.72. The first-order chi connectivity index (χ1) is 8.75. The lowest BCUT2D eigenvalue weighted by molar-refractivity contribution is 0.0342. The van der Waals surface area contributed by atoms with Crippen LogP contribution in [0.2, 0.25) is 0 Å². The molecular weight excluding hydrogens is 226 g/mol. The van der Waals surface area contributed by atoms with E-state index in [1.807, 2.05) is 37.3 Å². The highest BCUT2D eigenvalue weighted by atomic mass is 16.5. The van der Waals surface area contributed by atoms with Gasteiger partial charge in [0.1, 0.15) is 6.10 Å². The minimum absolute atomic E-state index is 0.153. The van der Waals surface area contributed by atoms with Crippen molar-refractivity contribution in [3.05, 3.63) is 66.0 Å². The Labute approximate surface area is 106 Å². The van der Waals surface area contributed by atoms with E-state index in [1.165, 1.54) is 6.20 Å². The average Bonchev–Trinajstić information content (AvgIpc) is 2.40. The summed E-state index contributed by atoms with van der Waals surface area (Å²) in [6.07, 6.45) is 3.70. The van der Waals surface area contributed by atoms with E-state index < -0.39 is 0 Å². The number of benzene rings is 1. The molecule has 0 aliphatic carbocycles. The lowest BCUT2D eigenvalue weighted by atomic mass is 10.1. The Morgan fingerprint density at radius 3 is 2.67 bits per heavy atom. The molecule has 1 unspecified atom stereocenters. The van der Waals surface area contributed by atoms with Gasteiger partial charge in [-0.05, 0) is 24.6 Å². The van der Waals surface area contributed by atoms with Crippen molar-refractivity contribution in [1.82, 2.24) is 4.98 Å². The van der Waals surface area contributed by atoms with Gasteiger partial charge in [-0.3, -0.25) is 4.98 Å². The summed E-state index contributed by atoms with van der Waals surface area (Å²) in [6.45, 7) is 1.89. The summed E-state index contributed by atoms with van der Waals surface area (Å²) in [4.78, 5) is 15.7. The predicted molar refractivity (Wildman–Crippen MR) is 69.3 cm³/mol. The molecule has 3 heteroatoms. The molecule has 0 aliphatic heterocycles. The van der Waals surface area contributed by atoms with Crippen LogP contribution >= 0.6 is 0 Å². The maximum absolute atomic E-state index is 11.8. The van der Waals surface area contributed by atoms with Crippen molar-refractivity contribution in [3.8, 4) is 0 Å². The molecular formula is C15H15NO2. The Bertz CT molecular complexity index is 496. The van der Waals surface area contributed by atoms with E-state index in [0.29, 0.717) is 12.0 Å². The van der Waals surface area contributed by atoms with E-state index in [4.69, 9.17) is 4.74 Å². The second-order valence-corrected chi connectivity index (χ2v) is 4.15. The molecule has 0 N–H and O–H groups in total. The first-order valence-electron chi connectivity index (χ1n) is 5.90. The summed E-state index contributed by atoms with van der Waals surface area (Å²) in [5.74, 6) is -0.327. The van der Waals surface area contributed by atoms with Crippen LogP contribution in [0.4, 0.5) is 0 Å². The fourth-order valence-corrected chi connectivity index (χ4v) is 1.72. The van der Waals surface area contributed by atoms with Crippen molar-refractivity contribution in [1.29, 1.82) is 0 Å². The molecule has 92 valence electrons. The van der Waals surface area contributed by atoms with Crippen molar-refractivity contribution >= 4 is 5.97 Å². The van der Waals surface area contributed by atoms with Crippen LogP contribution in [0.5, 0.6) is 0 Å². The van der Waals surface area contributed by atoms with Gasteiger partial charge in [0.15, 0.2) is 0 Å². The molecule has 3 nitrogen and oxygen atoms in total. The smallest absolute Gasteiger partial charge is 0.339 e. The predicted octanol–water partition coefficient (Wildman–Crippen LogP) is 2.87. The molecule has 0 saturated heterocycles. The van der Waals surface area contributed by atoms with E-state index in [1.54, 1.807) is 18.3 Å². The molecule has 0 bridgehead atoms. The van der Waals surface area contributed by atoms with Crippen LogP contribution in [0, 0.1) is 0 Å². The van der Waals surface area contributed by atoms with Crippen molar-refractivity contribution in [2.24, 2.45) is 0 Å². The van der Waals surface area contributed by atoms with Crippen molar-refractivity contribution in [2.75, 3.05) is 0 Å². The van der Waals surface area contributed by atoms with Gasteiger partial charge >= 0.3 is 5.97 Å². The van der Waals surface area contributed by atoms with E-state index >= 15 is 0 Å². The molecule has 1 atom stereocenters.